The number of Topliss-reactive ketones (excluding diaryl/α,β-unsaturated/α-hetero) is 1. The number of alkyl halides is 6. The molecule has 0 atom stereocenters. The summed E-state index contributed by atoms with van der Waals surface area (Å²) >= 11 is 0. The van der Waals surface area contributed by atoms with Crippen molar-refractivity contribution in [1.82, 2.24) is 0 Å². The van der Waals surface area contributed by atoms with E-state index in [1.807, 2.05) is 0 Å². The topological polar surface area (TPSA) is 62.0 Å². The molecule has 1 N–H and O–H groups in total. The van der Waals surface area contributed by atoms with E-state index in [1.165, 1.54) is 24.3 Å². The number of carbonyl (C=O) groups excluding carboxylic acids is 1. The van der Waals surface area contributed by atoms with Gasteiger partial charge in [-0.25, -0.2) is 0 Å². The summed E-state index contributed by atoms with van der Waals surface area (Å²) in [5, 5.41) is 14.5. The molecule has 0 saturated heterocycles. The van der Waals surface area contributed by atoms with Gasteiger partial charge in [-0.05, 0) is 19.1 Å². The highest BCUT2D eigenvalue weighted by Gasteiger charge is 2.47. The normalized spacial score (nSPS) is 14.1. The lowest BCUT2D eigenvalue weighted by Crippen LogP contribution is -2.27. The lowest BCUT2D eigenvalue weighted by molar-refractivity contribution is -0.168. The molecule has 0 aliphatic carbocycles. The van der Waals surface area contributed by atoms with Gasteiger partial charge >= 0.3 is 12.4 Å². The van der Waals surface area contributed by atoms with Crippen molar-refractivity contribution in [3.8, 4) is 0 Å². The maximum Gasteiger partial charge on any atom is 0.456 e. The summed E-state index contributed by atoms with van der Waals surface area (Å²) < 4.78 is 73.7. The summed E-state index contributed by atoms with van der Waals surface area (Å²) in [6, 6.07) is 5.48. The molecule has 0 aliphatic heterocycles. The zero-order valence-corrected chi connectivity index (χ0v) is 10.8. The van der Waals surface area contributed by atoms with Gasteiger partial charge in [0, 0.05) is 0 Å². The molecule has 4 nitrogen and oxygen atoms in total. The van der Waals surface area contributed by atoms with Crippen molar-refractivity contribution in [3.63, 3.8) is 0 Å². The van der Waals surface area contributed by atoms with Crippen molar-refractivity contribution in [3.05, 3.63) is 41.3 Å². The number of benzene rings is 1. The fourth-order valence-electron chi connectivity index (χ4n) is 1.19. The van der Waals surface area contributed by atoms with Crippen LogP contribution in [0.4, 0.5) is 32.0 Å². The van der Waals surface area contributed by atoms with Crippen molar-refractivity contribution in [2.24, 2.45) is 10.2 Å². The highest BCUT2D eigenvalue weighted by Crippen LogP contribution is 2.31. The Labute approximate surface area is 119 Å². The Morgan fingerprint density at radius 3 is 1.91 bits per heavy atom. The number of nitrogens with zero attached hydrogens (tertiary/aromatic N) is 2. The van der Waals surface area contributed by atoms with Crippen LogP contribution in [0.1, 0.15) is 5.56 Å². The first-order chi connectivity index (χ1) is 9.93. The number of aliphatic hydroxyl groups is 1. The van der Waals surface area contributed by atoms with Gasteiger partial charge in [-0.3, -0.25) is 4.79 Å². The molecule has 0 fully saturated rings. The number of rotatable bonds is 3. The van der Waals surface area contributed by atoms with E-state index in [2.05, 4.69) is 10.2 Å². The molecule has 0 bridgehead atoms. The standard InChI is InChI=1S/C12H8F6N2O2/c1-6-2-4-7(5-3-6)19-20-8(9(21)11(13,14)15)10(22)12(16,17)18/h2-5,21H,1H3/b9-8+,20-19?. The molecule has 0 spiro atoms. The van der Waals surface area contributed by atoms with Crippen LogP contribution in [0.25, 0.3) is 0 Å². The molecule has 10 heteroatoms. The van der Waals surface area contributed by atoms with E-state index < -0.39 is 29.6 Å². The zero-order chi connectivity index (χ0) is 17.1. The Morgan fingerprint density at radius 2 is 1.50 bits per heavy atom. The van der Waals surface area contributed by atoms with Gasteiger partial charge < -0.3 is 5.11 Å². The van der Waals surface area contributed by atoms with Crippen LogP contribution in [0.5, 0.6) is 0 Å². The summed E-state index contributed by atoms with van der Waals surface area (Å²) in [5.41, 5.74) is -1.55. The second-order valence-electron chi connectivity index (χ2n) is 4.06. The third-order valence-electron chi connectivity index (χ3n) is 2.26. The highest BCUT2D eigenvalue weighted by molar-refractivity contribution is 5.99. The van der Waals surface area contributed by atoms with Crippen molar-refractivity contribution < 1.29 is 36.2 Å². The molecule has 0 aromatic heterocycles. The average molecular weight is 326 g/mol. The summed E-state index contributed by atoms with van der Waals surface area (Å²) in [6.07, 6.45) is -11.2. The van der Waals surface area contributed by atoms with E-state index >= 15 is 0 Å². The Balaban J connectivity index is 3.28. The summed E-state index contributed by atoms with van der Waals surface area (Å²) in [7, 11) is 0. The van der Waals surface area contributed by atoms with Crippen molar-refractivity contribution >= 4 is 11.5 Å². The first-order valence-corrected chi connectivity index (χ1v) is 5.53. The first-order valence-electron chi connectivity index (χ1n) is 5.53. The second-order valence-corrected chi connectivity index (χ2v) is 4.06. The molecule has 22 heavy (non-hydrogen) atoms. The Morgan fingerprint density at radius 1 is 1.00 bits per heavy atom. The largest absolute Gasteiger partial charge is 0.503 e. The molecule has 120 valence electrons. The predicted octanol–water partition coefficient (Wildman–Crippen LogP) is 4.54. The quantitative estimate of drug-likeness (QED) is 0.383. The number of halogens is 6. The minimum Gasteiger partial charge on any atom is -0.503 e. The van der Waals surface area contributed by atoms with Gasteiger partial charge in [-0.2, -0.15) is 31.5 Å². The van der Waals surface area contributed by atoms with Gasteiger partial charge in [0.25, 0.3) is 5.78 Å². The van der Waals surface area contributed by atoms with Crippen LogP contribution in [-0.2, 0) is 4.79 Å². The number of aryl methyl sites for hydroxylation is 1. The Bertz CT molecular complexity index is 614. The number of aliphatic hydroxyl groups excluding tert-OH is 1. The molecular weight excluding hydrogens is 318 g/mol. The van der Waals surface area contributed by atoms with Gasteiger partial charge in [0.2, 0.25) is 5.76 Å². The van der Waals surface area contributed by atoms with Crippen LogP contribution in [0.2, 0.25) is 0 Å². The minimum absolute atomic E-state index is 0.0898. The molecule has 0 heterocycles. The molecular formula is C12H8F6N2O2. The van der Waals surface area contributed by atoms with Crippen molar-refractivity contribution in [2.75, 3.05) is 0 Å². The number of azo groups is 1. The summed E-state index contributed by atoms with van der Waals surface area (Å²) in [4.78, 5) is 10.9. The molecule has 1 aromatic carbocycles. The van der Waals surface area contributed by atoms with Gasteiger partial charge in [-0.15, -0.1) is 5.11 Å². The SMILES string of the molecule is Cc1ccc(N=N/C(C(=O)C(F)(F)F)=C(/O)C(F)(F)F)cc1. The van der Waals surface area contributed by atoms with Crippen molar-refractivity contribution in [2.45, 2.75) is 19.3 Å². The maximum absolute atomic E-state index is 12.3. The molecule has 0 unspecified atom stereocenters. The minimum atomic E-state index is -5.64. The van der Waals surface area contributed by atoms with Gasteiger partial charge in [0.05, 0.1) is 5.69 Å². The molecule has 0 amide bonds. The van der Waals surface area contributed by atoms with Crippen molar-refractivity contribution in [1.29, 1.82) is 0 Å². The van der Waals surface area contributed by atoms with Crippen LogP contribution < -0.4 is 0 Å². The first kappa shape index (κ1) is 17.7. The van der Waals surface area contributed by atoms with Crippen LogP contribution in [0, 0.1) is 6.92 Å². The van der Waals surface area contributed by atoms with E-state index in [9.17, 15) is 31.1 Å². The monoisotopic (exact) mass is 326 g/mol. The van der Waals surface area contributed by atoms with Gasteiger partial charge in [0.15, 0.2) is 5.70 Å². The number of ketones is 1. The zero-order valence-electron chi connectivity index (χ0n) is 10.8. The third-order valence-corrected chi connectivity index (χ3v) is 2.26. The molecule has 0 saturated carbocycles. The number of hydrogen-bond acceptors (Lipinski definition) is 4. The maximum atomic E-state index is 12.3. The van der Waals surface area contributed by atoms with E-state index in [4.69, 9.17) is 5.11 Å². The van der Waals surface area contributed by atoms with Crippen LogP contribution in [0.3, 0.4) is 0 Å². The van der Waals surface area contributed by atoms with E-state index in [1.54, 1.807) is 6.92 Å². The fraction of sp³-hybridized carbons (Fsp3) is 0.250. The van der Waals surface area contributed by atoms with E-state index in [-0.39, 0.29) is 5.69 Å². The summed E-state index contributed by atoms with van der Waals surface area (Å²) in [6.45, 7) is 1.69. The van der Waals surface area contributed by atoms with Crippen LogP contribution in [-0.4, -0.2) is 23.2 Å². The number of carbonyl (C=O) groups is 1. The Kier molecular flexibility index (Phi) is 4.94. The van der Waals surface area contributed by atoms with Gasteiger partial charge in [0.1, 0.15) is 0 Å². The lowest BCUT2D eigenvalue weighted by Gasteiger charge is -2.09. The molecule has 0 aliphatic rings. The molecule has 1 rings (SSSR count). The second kappa shape index (κ2) is 6.16. The summed E-state index contributed by atoms with van der Waals surface area (Å²) in [5.74, 6) is -5.70. The lowest BCUT2D eigenvalue weighted by atomic mass is 10.2. The van der Waals surface area contributed by atoms with E-state index in [0.717, 1.165) is 5.56 Å². The Hall–Kier alpha value is -2.39. The third kappa shape index (κ3) is 4.57. The van der Waals surface area contributed by atoms with Gasteiger partial charge in [-0.1, -0.05) is 17.7 Å². The fourth-order valence-corrected chi connectivity index (χ4v) is 1.19. The number of allylic oxidation sites excluding steroid dienone is 2. The highest BCUT2D eigenvalue weighted by atomic mass is 19.4. The molecule has 1 aromatic rings. The van der Waals surface area contributed by atoms with E-state index in [0.29, 0.717) is 0 Å². The average Bonchev–Trinajstić information content (AvgIpc) is 2.38. The number of hydrogen-bond donors (Lipinski definition) is 1. The predicted molar refractivity (Wildman–Crippen MR) is 62.5 cm³/mol. The smallest absolute Gasteiger partial charge is 0.456 e. The van der Waals surface area contributed by atoms with Crippen LogP contribution >= 0.6 is 0 Å². The molecule has 0 radical (unpaired) electrons. The van der Waals surface area contributed by atoms with Crippen LogP contribution in [0.15, 0.2) is 46.0 Å².